The van der Waals surface area contributed by atoms with Gasteiger partial charge >= 0.3 is 0 Å². The monoisotopic (exact) mass is 291 g/mol. The van der Waals surface area contributed by atoms with Gasteiger partial charge < -0.3 is 16.0 Å². The normalized spacial score (nSPS) is 10.8. The molecule has 0 bridgehead atoms. The van der Waals surface area contributed by atoms with Crippen LogP contribution in [0.4, 0.5) is 5.69 Å². The molecule has 0 radical (unpaired) electrons. The third-order valence-corrected chi connectivity index (χ3v) is 3.81. The average molecular weight is 291 g/mol. The molecule has 0 aliphatic rings. The molecule has 2 aromatic heterocycles. The van der Waals surface area contributed by atoms with Gasteiger partial charge in [-0.2, -0.15) is 0 Å². The quantitative estimate of drug-likeness (QED) is 0.790. The van der Waals surface area contributed by atoms with Gasteiger partial charge in [0.25, 0.3) is 11.8 Å². The van der Waals surface area contributed by atoms with E-state index in [9.17, 15) is 9.59 Å². The summed E-state index contributed by atoms with van der Waals surface area (Å²) in [4.78, 5) is 27.6. The molecule has 106 valence electrons. The fourth-order valence-electron chi connectivity index (χ4n) is 1.81. The van der Waals surface area contributed by atoms with Crippen molar-refractivity contribution < 1.29 is 9.59 Å². The molecular formula is C14H17N3O2S. The highest BCUT2D eigenvalue weighted by Crippen LogP contribution is 2.21. The first-order chi connectivity index (χ1) is 9.45. The largest absolute Gasteiger partial charge is 0.364 e. The van der Waals surface area contributed by atoms with Crippen LogP contribution in [0.1, 0.15) is 38.9 Å². The fourth-order valence-corrected chi connectivity index (χ4v) is 2.93. The van der Waals surface area contributed by atoms with E-state index in [1.807, 2.05) is 12.1 Å². The van der Waals surface area contributed by atoms with Crippen molar-refractivity contribution in [1.29, 1.82) is 0 Å². The van der Waals surface area contributed by atoms with Crippen LogP contribution >= 0.6 is 11.3 Å². The molecule has 2 rings (SSSR count). The second-order valence-electron chi connectivity index (χ2n) is 4.98. The zero-order chi connectivity index (χ0) is 14.7. The summed E-state index contributed by atoms with van der Waals surface area (Å²) in [6.45, 7) is 4.29. The molecule has 0 saturated heterocycles. The maximum Gasteiger partial charge on any atom is 0.265 e. The van der Waals surface area contributed by atoms with Gasteiger partial charge in [0.2, 0.25) is 0 Å². The molecule has 0 aromatic carbocycles. The van der Waals surface area contributed by atoms with Crippen LogP contribution in [-0.2, 0) is 6.42 Å². The first-order valence-corrected chi connectivity index (χ1v) is 7.15. The molecule has 0 spiro atoms. The number of aromatic amines is 1. The summed E-state index contributed by atoms with van der Waals surface area (Å²) < 4.78 is 0. The van der Waals surface area contributed by atoms with E-state index in [2.05, 4.69) is 24.1 Å². The molecular weight excluding hydrogens is 274 g/mol. The summed E-state index contributed by atoms with van der Waals surface area (Å²) >= 11 is 1.49. The van der Waals surface area contributed by atoms with Crippen molar-refractivity contribution in [3.63, 3.8) is 0 Å². The smallest absolute Gasteiger partial charge is 0.265 e. The van der Waals surface area contributed by atoms with Gasteiger partial charge in [-0.05, 0) is 30.5 Å². The van der Waals surface area contributed by atoms with Crippen molar-refractivity contribution in [3.05, 3.63) is 39.8 Å². The SMILES string of the molecule is CC(C)Cc1ccc(C(=O)Nc2c[nH]c(C(N)=O)c2)s1. The van der Waals surface area contributed by atoms with Crippen LogP contribution in [0.3, 0.4) is 0 Å². The number of hydrogen-bond acceptors (Lipinski definition) is 3. The summed E-state index contributed by atoms with van der Waals surface area (Å²) in [6, 6.07) is 5.31. The standard InChI is InChI=1S/C14H17N3O2S/c1-8(2)5-10-3-4-12(20-10)14(19)17-9-6-11(13(15)18)16-7-9/h3-4,6-8,16H,5H2,1-2H3,(H2,15,18)(H,17,19). The molecule has 0 aliphatic carbocycles. The number of H-pyrrole nitrogens is 1. The molecule has 5 nitrogen and oxygen atoms in total. The molecule has 2 heterocycles. The highest BCUT2D eigenvalue weighted by molar-refractivity contribution is 7.14. The lowest BCUT2D eigenvalue weighted by Crippen LogP contribution is -2.11. The molecule has 0 saturated carbocycles. The Morgan fingerprint density at radius 1 is 1.40 bits per heavy atom. The van der Waals surface area contributed by atoms with Gasteiger partial charge in [-0.1, -0.05) is 13.8 Å². The maximum atomic E-state index is 12.1. The van der Waals surface area contributed by atoms with Gasteiger partial charge in [0.15, 0.2) is 0 Å². The second-order valence-corrected chi connectivity index (χ2v) is 6.15. The van der Waals surface area contributed by atoms with Gasteiger partial charge in [-0.15, -0.1) is 11.3 Å². The maximum absolute atomic E-state index is 12.1. The summed E-state index contributed by atoms with van der Waals surface area (Å²) in [6.07, 6.45) is 2.51. The van der Waals surface area contributed by atoms with Crippen LogP contribution in [0.2, 0.25) is 0 Å². The molecule has 4 N–H and O–H groups in total. The van der Waals surface area contributed by atoms with Crippen LogP contribution < -0.4 is 11.1 Å². The summed E-state index contributed by atoms with van der Waals surface area (Å²) in [5.41, 5.74) is 5.94. The average Bonchev–Trinajstić information content (AvgIpc) is 2.97. The summed E-state index contributed by atoms with van der Waals surface area (Å²) in [7, 11) is 0. The number of hydrogen-bond donors (Lipinski definition) is 3. The lowest BCUT2D eigenvalue weighted by Gasteiger charge is -2.01. The number of aromatic nitrogens is 1. The van der Waals surface area contributed by atoms with E-state index in [-0.39, 0.29) is 11.6 Å². The molecule has 0 aliphatic heterocycles. The highest BCUT2D eigenvalue weighted by Gasteiger charge is 2.12. The van der Waals surface area contributed by atoms with Crippen molar-refractivity contribution in [2.24, 2.45) is 11.7 Å². The number of rotatable bonds is 5. The topological polar surface area (TPSA) is 88.0 Å². The van der Waals surface area contributed by atoms with Gasteiger partial charge in [-0.25, -0.2) is 0 Å². The zero-order valence-electron chi connectivity index (χ0n) is 11.4. The van der Waals surface area contributed by atoms with Crippen LogP contribution in [0.5, 0.6) is 0 Å². The van der Waals surface area contributed by atoms with Crippen LogP contribution in [-0.4, -0.2) is 16.8 Å². The first kappa shape index (κ1) is 14.3. The van der Waals surface area contributed by atoms with Crippen molar-refractivity contribution >= 4 is 28.8 Å². The molecule has 2 amide bonds. The molecule has 2 aromatic rings. The predicted molar refractivity (Wildman–Crippen MR) is 80.1 cm³/mol. The van der Waals surface area contributed by atoms with Crippen molar-refractivity contribution in [1.82, 2.24) is 4.98 Å². The predicted octanol–water partition coefficient (Wildman–Crippen LogP) is 2.63. The number of anilines is 1. The van der Waals surface area contributed by atoms with E-state index >= 15 is 0 Å². The lowest BCUT2D eigenvalue weighted by molar-refractivity contribution is 0.0993. The zero-order valence-corrected chi connectivity index (χ0v) is 12.2. The lowest BCUT2D eigenvalue weighted by atomic mass is 10.1. The van der Waals surface area contributed by atoms with E-state index in [1.54, 1.807) is 6.20 Å². The summed E-state index contributed by atoms with van der Waals surface area (Å²) in [5.74, 6) is -0.173. The Morgan fingerprint density at radius 3 is 2.75 bits per heavy atom. The minimum Gasteiger partial charge on any atom is -0.364 e. The molecule has 0 fully saturated rings. The minimum absolute atomic E-state index is 0.181. The number of amides is 2. The molecule has 20 heavy (non-hydrogen) atoms. The van der Waals surface area contributed by atoms with Crippen molar-refractivity contribution in [2.45, 2.75) is 20.3 Å². The Balaban J connectivity index is 2.03. The van der Waals surface area contributed by atoms with E-state index in [0.29, 0.717) is 16.5 Å². The van der Waals surface area contributed by atoms with Gasteiger partial charge in [0.05, 0.1) is 10.6 Å². The van der Waals surface area contributed by atoms with Crippen molar-refractivity contribution in [2.75, 3.05) is 5.32 Å². The Hall–Kier alpha value is -2.08. The number of thiophene rings is 1. The van der Waals surface area contributed by atoms with Gasteiger partial charge in [-0.3, -0.25) is 9.59 Å². The van der Waals surface area contributed by atoms with Crippen LogP contribution in [0.25, 0.3) is 0 Å². The van der Waals surface area contributed by atoms with E-state index in [1.165, 1.54) is 22.3 Å². The minimum atomic E-state index is -0.555. The molecule has 6 heteroatoms. The molecule has 0 unspecified atom stereocenters. The van der Waals surface area contributed by atoms with Crippen LogP contribution in [0, 0.1) is 5.92 Å². The second kappa shape index (κ2) is 5.92. The summed E-state index contributed by atoms with van der Waals surface area (Å²) in [5, 5.41) is 2.73. The van der Waals surface area contributed by atoms with Crippen LogP contribution in [0.15, 0.2) is 24.4 Å². The Labute approximate surface area is 121 Å². The third-order valence-electron chi connectivity index (χ3n) is 2.70. The Bertz CT molecular complexity index is 628. The number of carbonyl (C=O) groups is 2. The van der Waals surface area contributed by atoms with E-state index in [4.69, 9.17) is 5.73 Å². The Morgan fingerprint density at radius 2 is 2.15 bits per heavy atom. The number of nitrogens with one attached hydrogen (secondary N) is 2. The third kappa shape index (κ3) is 3.48. The number of nitrogens with two attached hydrogens (primary N) is 1. The van der Waals surface area contributed by atoms with Gasteiger partial charge in [0, 0.05) is 11.1 Å². The first-order valence-electron chi connectivity index (χ1n) is 6.34. The molecule has 0 atom stereocenters. The van der Waals surface area contributed by atoms with Crippen molar-refractivity contribution in [3.8, 4) is 0 Å². The van der Waals surface area contributed by atoms with E-state index in [0.717, 1.165) is 6.42 Å². The number of primary amides is 1. The Kier molecular flexibility index (Phi) is 4.24. The highest BCUT2D eigenvalue weighted by atomic mass is 32.1. The van der Waals surface area contributed by atoms with E-state index < -0.39 is 5.91 Å². The fraction of sp³-hybridized carbons (Fsp3) is 0.286. The number of carbonyl (C=O) groups excluding carboxylic acids is 2. The van der Waals surface area contributed by atoms with Gasteiger partial charge in [0.1, 0.15) is 5.69 Å².